The zero-order valence-corrected chi connectivity index (χ0v) is 7.90. The number of nitrogens with two attached hydrogens (primary N) is 1. The van der Waals surface area contributed by atoms with Crippen LogP contribution >= 0.6 is 0 Å². The Balaban J connectivity index is 2.67. The number of hydrogen-bond donors (Lipinski definition) is 2. The third-order valence-electron chi connectivity index (χ3n) is 1.70. The number of aromatic nitrogens is 2. The topological polar surface area (TPSA) is 85.2 Å². The lowest BCUT2D eigenvalue weighted by Crippen LogP contribution is -2.07. The molecule has 3 N–H and O–H groups in total. The van der Waals surface area contributed by atoms with Gasteiger partial charge >= 0.3 is 0 Å². The third kappa shape index (κ3) is 2.50. The molecule has 0 amide bonds. The van der Waals surface area contributed by atoms with Gasteiger partial charge < -0.3 is 15.4 Å². The fourth-order valence-electron chi connectivity index (χ4n) is 0.898. The van der Waals surface area contributed by atoms with E-state index in [1.807, 2.05) is 13.8 Å². The van der Waals surface area contributed by atoms with E-state index in [9.17, 15) is 5.11 Å². The van der Waals surface area contributed by atoms with E-state index in [4.69, 9.17) is 10.3 Å². The fraction of sp³-hybridized carbons (Fsp3) is 0.750. The Hall–Kier alpha value is -0.940. The van der Waals surface area contributed by atoms with Crippen molar-refractivity contribution in [2.45, 2.75) is 32.3 Å². The van der Waals surface area contributed by atoms with Gasteiger partial charge in [0.1, 0.15) is 6.10 Å². The summed E-state index contributed by atoms with van der Waals surface area (Å²) in [6.07, 6.45) is -0.287. The molecule has 1 aromatic heterocycles. The fourth-order valence-corrected chi connectivity index (χ4v) is 0.898. The molecule has 0 spiro atoms. The zero-order valence-electron chi connectivity index (χ0n) is 7.90. The lowest BCUT2D eigenvalue weighted by Gasteiger charge is -2.01. The van der Waals surface area contributed by atoms with Crippen LogP contribution in [-0.2, 0) is 0 Å². The maximum absolute atomic E-state index is 9.44. The lowest BCUT2D eigenvalue weighted by molar-refractivity contribution is 0.127. The van der Waals surface area contributed by atoms with Crippen LogP contribution in [0.3, 0.4) is 0 Å². The summed E-state index contributed by atoms with van der Waals surface area (Å²) in [7, 11) is 0. The summed E-state index contributed by atoms with van der Waals surface area (Å²) in [5, 5.41) is 13.2. The van der Waals surface area contributed by atoms with Gasteiger partial charge in [-0.2, -0.15) is 4.98 Å². The maximum Gasteiger partial charge on any atom is 0.255 e. The van der Waals surface area contributed by atoms with Crippen molar-refractivity contribution in [3.63, 3.8) is 0 Å². The molecule has 0 unspecified atom stereocenters. The van der Waals surface area contributed by atoms with Crippen molar-refractivity contribution in [2.24, 2.45) is 5.73 Å². The van der Waals surface area contributed by atoms with E-state index < -0.39 is 6.10 Å². The monoisotopic (exact) mass is 185 g/mol. The first-order chi connectivity index (χ1) is 6.15. The van der Waals surface area contributed by atoms with E-state index in [1.165, 1.54) is 0 Å². The van der Waals surface area contributed by atoms with Gasteiger partial charge in [0.2, 0.25) is 0 Å². The second-order valence-corrected chi connectivity index (χ2v) is 3.24. The van der Waals surface area contributed by atoms with Crippen LogP contribution in [0.25, 0.3) is 0 Å². The number of aliphatic hydroxyl groups excluding tert-OH is 1. The standard InChI is InChI=1S/C8H15N3O2/c1-5(2)7-10-8(13-11-7)6(12)3-4-9/h5-6,12H,3-4,9H2,1-2H3/t6-/m0/s1. The molecule has 1 heterocycles. The SMILES string of the molecule is CC(C)c1noc([C@@H](O)CCN)n1. The Bertz CT molecular complexity index is 260. The van der Waals surface area contributed by atoms with Crippen LogP contribution < -0.4 is 5.73 Å². The molecule has 1 atom stereocenters. The first-order valence-electron chi connectivity index (χ1n) is 4.36. The average molecular weight is 185 g/mol. The average Bonchev–Trinajstić information content (AvgIpc) is 2.52. The van der Waals surface area contributed by atoms with Gasteiger partial charge in [0, 0.05) is 5.92 Å². The number of rotatable bonds is 4. The molecule has 0 bridgehead atoms. The Morgan fingerprint density at radius 3 is 2.69 bits per heavy atom. The summed E-state index contributed by atoms with van der Waals surface area (Å²) in [6.45, 7) is 4.33. The molecule has 1 aromatic rings. The molecule has 5 heteroatoms. The first-order valence-corrected chi connectivity index (χ1v) is 4.36. The number of hydrogen-bond acceptors (Lipinski definition) is 5. The van der Waals surface area contributed by atoms with Crippen LogP contribution in [0.2, 0.25) is 0 Å². The predicted molar refractivity (Wildman–Crippen MR) is 47.0 cm³/mol. The second kappa shape index (κ2) is 4.34. The van der Waals surface area contributed by atoms with E-state index >= 15 is 0 Å². The van der Waals surface area contributed by atoms with E-state index in [0.717, 1.165) is 0 Å². The van der Waals surface area contributed by atoms with Gasteiger partial charge in [0.05, 0.1) is 0 Å². The first kappa shape index (κ1) is 10.1. The van der Waals surface area contributed by atoms with Crippen LogP contribution in [0.5, 0.6) is 0 Å². The van der Waals surface area contributed by atoms with Crippen molar-refractivity contribution in [1.29, 1.82) is 0 Å². The van der Waals surface area contributed by atoms with Gasteiger partial charge in [-0.3, -0.25) is 0 Å². The summed E-state index contributed by atoms with van der Waals surface area (Å²) >= 11 is 0. The van der Waals surface area contributed by atoms with Crippen LogP contribution in [0.4, 0.5) is 0 Å². The van der Waals surface area contributed by atoms with Crippen molar-refractivity contribution in [3.8, 4) is 0 Å². The summed E-state index contributed by atoms with van der Waals surface area (Å²) in [5.41, 5.74) is 5.28. The zero-order chi connectivity index (χ0) is 9.84. The molecule has 0 aliphatic carbocycles. The maximum atomic E-state index is 9.44. The lowest BCUT2D eigenvalue weighted by atomic mass is 10.2. The van der Waals surface area contributed by atoms with Gasteiger partial charge in [-0.05, 0) is 13.0 Å². The predicted octanol–water partition coefficient (Wildman–Crippen LogP) is 0.575. The van der Waals surface area contributed by atoms with Gasteiger partial charge in [0.25, 0.3) is 5.89 Å². The Morgan fingerprint density at radius 1 is 1.54 bits per heavy atom. The highest BCUT2D eigenvalue weighted by molar-refractivity contribution is 4.93. The van der Waals surface area contributed by atoms with E-state index in [-0.39, 0.29) is 11.8 Å². The van der Waals surface area contributed by atoms with E-state index in [1.54, 1.807) is 0 Å². The minimum atomic E-state index is -0.731. The Morgan fingerprint density at radius 2 is 2.23 bits per heavy atom. The molecule has 5 nitrogen and oxygen atoms in total. The molecule has 0 aliphatic heterocycles. The quantitative estimate of drug-likeness (QED) is 0.716. The van der Waals surface area contributed by atoms with Crippen molar-refractivity contribution in [1.82, 2.24) is 10.1 Å². The largest absolute Gasteiger partial charge is 0.383 e. The second-order valence-electron chi connectivity index (χ2n) is 3.24. The van der Waals surface area contributed by atoms with Gasteiger partial charge in [-0.25, -0.2) is 0 Å². The minimum Gasteiger partial charge on any atom is -0.383 e. The molecule has 0 aliphatic rings. The van der Waals surface area contributed by atoms with Crippen molar-refractivity contribution >= 4 is 0 Å². The van der Waals surface area contributed by atoms with Crippen molar-refractivity contribution in [3.05, 3.63) is 11.7 Å². The Kier molecular flexibility index (Phi) is 3.39. The van der Waals surface area contributed by atoms with E-state index in [2.05, 4.69) is 10.1 Å². The minimum absolute atomic E-state index is 0.211. The Labute approximate surface area is 76.9 Å². The normalized spacial score (nSPS) is 13.6. The smallest absolute Gasteiger partial charge is 0.255 e. The highest BCUT2D eigenvalue weighted by atomic mass is 16.5. The molecule has 0 fully saturated rings. The highest BCUT2D eigenvalue weighted by Crippen LogP contribution is 2.16. The number of aliphatic hydroxyl groups is 1. The summed E-state index contributed by atoms with van der Waals surface area (Å²) in [6, 6.07) is 0. The number of nitrogens with zero attached hydrogens (tertiary/aromatic N) is 2. The van der Waals surface area contributed by atoms with E-state index in [0.29, 0.717) is 18.8 Å². The molecule has 13 heavy (non-hydrogen) atoms. The van der Waals surface area contributed by atoms with Gasteiger partial charge in [0.15, 0.2) is 5.82 Å². The van der Waals surface area contributed by atoms with Crippen LogP contribution in [-0.4, -0.2) is 21.8 Å². The summed E-state index contributed by atoms with van der Waals surface area (Å²) in [5.74, 6) is 1.09. The highest BCUT2D eigenvalue weighted by Gasteiger charge is 2.16. The van der Waals surface area contributed by atoms with Crippen LogP contribution in [0, 0.1) is 0 Å². The molecule has 1 rings (SSSR count). The van der Waals surface area contributed by atoms with Crippen molar-refractivity contribution in [2.75, 3.05) is 6.54 Å². The molecular formula is C8H15N3O2. The molecule has 74 valence electrons. The van der Waals surface area contributed by atoms with Crippen LogP contribution in [0.15, 0.2) is 4.52 Å². The molecule has 0 aromatic carbocycles. The molecular weight excluding hydrogens is 170 g/mol. The van der Waals surface area contributed by atoms with Gasteiger partial charge in [-0.15, -0.1) is 0 Å². The summed E-state index contributed by atoms with van der Waals surface area (Å²) in [4.78, 5) is 4.04. The molecule has 0 saturated carbocycles. The molecule has 0 saturated heterocycles. The van der Waals surface area contributed by atoms with Gasteiger partial charge in [-0.1, -0.05) is 19.0 Å². The molecule has 0 radical (unpaired) electrons. The summed E-state index contributed by atoms with van der Waals surface area (Å²) < 4.78 is 4.87. The van der Waals surface area contributed by atoms with Crippen LogP contribution in [0.1, 0.15) is 44.0 Å². The third-order valence-corrected chi connectivity index (χ3v) is 1.70. The van der Waals surface area contributed by atoms with Crippen molar-refractivity contribution < 1.29 is 9.63 Å².